The number of aromatic amines is 1. The lowest BCUT2D eigenvalue weighted by atomic mass is 9.83. The van der Waals surface area contributed by atoms with Crippen molar-refractivity contribution in [1.82, 2.24) is 10.3 Å². The van der Waals surface area contributed by atoms with Crippen molar-refractivity contribution < 1.29 is 13.9 Å². The molecule has 0 bridgehead atoms. The number of hydrogen-bond donors (Lipinski definition) is 2. The maximum atomic E-state index is 13.4. The van der Waals surface area contributed by atoms with E-state index >= 15 is 0 Å². The molecular formula is C20H21FN2O2. The molecule has 25 heavy (non-hydrogen) atoms. The molecule has 0 radical (unpaired) electrons. The number of carbonyl (C=O) groups excluding carboxylic acids is 1. The van der Waals surface area contributed by atoms with Gasteiger partial charge >= 0.3 is 0 Å². The number of methoxy groups -OCH3 is 1. The second-order valence-electron chi connectivity index (χ2n) is 6.55. The van der Waals surface area contributed by atoms with Crippen molar-refractivity contribution in [3.63, 3.8) is 0 Å². The van der Waals surface area contributed by atoms with E-state index in [-0.39, 0.29) is 11.7 Å². The molecule has 1 aromatic heterocycles. The fourth-order valence-electron chi connectivity index (χ4n) is 2.88. The minimum Gasteiger partial charge on any atom is -0.497 e. The maximum Gasteiger partial charge on any atom is 0.230 e. The predicted octanol–water partition coefficient (Wildman–Crippen LogP) is 3.91. The number of amides is 1. The van der Waals surface area contributed by atoms with Gasteiger partial charge in [-0.05, 0) is 55.3 Å². The fraction of sp³-hybridized carbons (Fsp3) is 0.250. The van der Waals surface area contributed by atoms with E-state index in [1.165, 1.54) is 12.1 Å². The van der Waals surface area contributed by atoms with Gasteiger partial charge in [-0.3, -0.25) is 4.79 Å². The van der Waals surface area contributed by atoms with Gasteiger partial charge in [-0.2, -0.15) is 0 Å². The average molecular weight is 340 g/mol. The van der Waals surface area contributed by atoms with E-state index in [0.717, 1.165) is 22.3 Å². The molecule has 0 saturated carbocycles. The van der Waals surface area contributed by atoms with E-state index in [2.05, 4.69) is 10.3 Å². The third-order valence-corrected chi connectivity index (χ3v) is 4.50. The normalized spacial score (nSPS) is 11.5. The van der Waals surface area contributed by atoms with Crippen LogP contribution in [-0.2, 0) is 16.8 Å². The van der Waals surface area contributed by atoms with E-state index in [1.54, 1.807) is 19.4 Å². The number of nitrogens with one attached hydrogen (secondary N) is 2. The van der Waals surface area contributed by atoms with Crippen LogP contribution in [0.25, 0.3) is 10.9 Å². The molecule has 1 heterocycles. The number of hydrogen-bond acceptors (Lipinski definition) is 2. The highest BCUT2D eigenvalue weighted by molar-refractivity contribution is 5.94. The van der Waals surface area contributed by atoms with Gasteiger partial charge in [0, 0.05) is 23.6 Å². The molecule has 0 saturated heterocycles. The van der Waals surface area contributed by atoms with Gasteiger partial charge < -0.3 is 15.0 Å². The summed E-state index contributed by atoms with van der Waals surface area (Å²) in [5, 5.41) is 3.83. The predicted molar refractivity (Wildman–Crippen MR) is 96.1 cm³/mol. The standard InChI is InChI=1S/C20H21FN2O2/c1-20(2,17-12-22-18-10-14(21)6-9-16(17)18)19(24)23-11-13-4-7-15(25-3)8-5-13/h4-10,12,22H,11H2,1-3H3,(H,23,24). The summed E-state index contributed by atoms with van der Waals surface area (Å²) in [6.45, 7) is 4.16. The fourth-order valence-corrected chi connectivity index (χ4v) is 2.88. The Balaban J connectivity index is 1.77. The Morgan fingerprint density at radius 2 is 1.92 bits per heavy atom. The number of carbonyl (C=O) groups is 1. The Bertz CT molecular complexity index is 898. The molecule has 0 atom stereocenters. The molecule has 5 heteroatoms. The molecule has 0 fully saturated rings. The molecule has 3 aromatic rings. The first kappa shape index (κ1) is 17.0. The summed E-state index contributed by atoms with van der Waals surface area (Å²) in [7, 11) is 1.62. The smallest absolute Gasteiger partial charge is 0.230 e. The number of fused-ring (bicyclic) bond motifs is 1. The van der Waals surface area contributed by atoms with Crippen molar-refractivity contribution in [1.29, 1.82) is 0 Å². The van der Waals surface area contributed by atoms with Gasteiger partial charge in [0.05, 0.1) is 12.5 Å². The quantitative estimate of drug-likeness (QED) is 0.740. The van der Waals surface area contributed by atoms with Crippen LogP contribution < -0.4 is 10.1 Å². The highest BCUT2D eigenvalue weighted by Gasteiger charge is 2.32. The SMILES string of the molecule is COc1ccc(CNC(=O)C(C)(C)c2c[nH]c3cc(F)ccc23)cc1. The van der Waals surface area contributed by atoms with Gasteiger partial charge in [-0.1, -0.05) is 12.1 Å². The number of ether oxygens (including phenoxy) is 1. The number of H-pyrrole nitrogens is 1. The van der Waals surface area contributed by atoms with Crippen LogP contribution in [0.2, 0.25) is 0 Å². The molecule has 4 nitrogen and oxygen atoms in total. The summed E-state index contributed by atoms with van der Waals surface area (Å²) in [4.78, 5) is 15.8. The molecule has 0 aliphatic rings. The van der Waals surface area contributed by atoms with Crippen molar-refractivity contribution in [2.75, 3.05) is 7.11 Å². The lowest BCUT2D eigenvalue weighted by Gasteiger charge is -2.23. The Kier molecular flexibility index (Phi) is 4.49. The minimum absolute atomic E-state index is 0.0893. The molecule has 2 N–H and O–H groups in total. The summed E-state index contributed by atoms with van der Waals surface area (Å²) in [5.41, 5.74) is 1.77. The van der Waals surface area contributed by atoms with Crippen molar-refractivity contribution in [3.8, 4) is 5.75 Å². The van der Waals surface area contributed by atoms with Gasteiger partial charge in [-0.15, -0.1) is 0 Å². The van der Waals surface area contributed by atoms with Crippen molar-refractivity contribution in [2.24, 2.45) is 0 Å². The molecule has 0 aliphatic carbocycles. The largest absolute Gasteiger partial charge is 0.497 e. The van der Waals surface area contributed by atoms with Crippen LogP contribution in [0.15, 0.2) is 48.7 Å². The Hall–Kier alpha value is -2.82. The van der Waals surface area contributed by atoms with Gasteiger partial charge in [0.15, 0.2) is 0 Å². The maximum absolute atomic E-state index is 13.4. The van der Waals surface area contributed by atoms with Crippen LogP contribution in [0.5, 0.6) is 5.75 Å². The average Bonchev–Trinajstić information content (AvgIpc) is 3.03. The van der Waals surface area contributed by atoms with E-state index in [1.807, 2.05) is 38.1 Å². The number of benzene rings is 2. The van der Waals surface area contributed by atoms with E-state index in [9.17, 15) is 9.18 Å². The topological polar surface area (TPSA) is 54.1 Å². The third kappa shape index (κ3) is 3.36. The second-order valence-corrected chi connectivity index (χ2v) is 6.55. The van der Waals surface area contributed by atoms with Crippen LogP contribution in [0.3, 0.4) is 0 Å². The molecule has 130 valence electrons. The first-order valence-corrected chi connectivity index (χ1v) is 8.10. The zero-order valence-electron chi connectivity index (χ0n) is 14.5. The Morgan fingerprint density at radius 1 is 1.20 bits per heavy atom. The van der Waals surface area contributed by atoms with Gasteiger partial charge in [0.25, 0.3) is 0 Å². The first-order valence-electron chi connectivity index (χ1n) is 8.10. The molecule has 0 unspecified atom stereocenters. The lowest BCUT2D eigenvalue weighted by molar-refractivity contribution is -0.125. The zero-order valence-corrected chi connectivity index (χ0v) is 14.5. The minimum atomic E-state index is -0.747. The van der Waals surface area contributed by atoms with E-state index < -0.39 is 5.41 Å². The second kappa shape index (κ2) is 6.59. The third-order valence-electron chi connectivity index (χ3n) is 4.50. The molecule has 3 rings (SSSR count). The highest BCUT2D eigenvalue weighted by atomic mass is 19.1. The van der Waals surface area contributed by atoms with E-state index in [0.29, 0.717) is 12.1 Å². The Labute approximate surface area is 146 Å². The number of rotatable bonds is 5. The molecule has 2 aromatic carbocycles. The Morgan fingerprint density at radius 3 is 2.60 bits per heavy atom. The van der Waals surface area contributed by atoms with E-state index in [4.69, 9.17) is 4.74 Å². The van der Waals surface area contributed by atoms with Crippen LogP contribution in [-0.4, -0.2) is 18.0 Å². The summed E-state index contributed by atoms with van der Waals surface area (Å²) in [6.07, 6.45) is 1.77. The summed E-state index contributed by atoms with van der Waals surface area (Å²) >= 11 is 0. The summed E-state index contributed by atoms with van der Waals surface area (Å²) in [5.74, 6) is 0.387. The zero-order chi connectivity index (χ0) is 18.0. The van der Waals surface area contributed by atoms with Crippen LogP contribution >= 0.6 is 0 Å². The lowest BCUT2D eigenvalue weighted by Crippen LogP contribution is -2.39. The van der Waals surface area contributed by atoms with Crippen molar-refractivity contribution in [3.05, 3.63) is 65.6 Å². The summed E-state index contributed by atoms with van der Waals surface area (Å²) in [6, 6.07) is 12.1. The highest BCUT2D eigenvalue weighted by Crippen LogP contribution is 2.31. The van der Waals surface area contributed by atoms with Gasteiger partial charge in [0.2, 0.25) is 5.91 Å². The van der Waals surface area contributed by atoms with Gasteiger partial charge in [-0.25, -0.2) is 4.39 Å². The van der Waals surface area contributed by atoms with Crippen LogP contribution in [0.4, 0.5) is 4.39 Å². The monoisotopic (exact) mass is 340 g/mol. The molecule has 0 spiro atoms. The van der Waals surface area contributed by atoms with Crippen molar-refractivity contribution >= 4 is 16.8 Å². The van der Waals surface area contributed by atoms with Crippen LogP contribution in [0.1, 0.15) is 25.0 Å². The molecule has 1 amide bonds. The number of aromatic nitrogens is 1. The van der Waals surface area contributed by atoms with Crippen molar-refractivity contribution in [2.45, 2.75) is 25.8 Å². The first-order chi connectivity index (χ1) is 11.9. The van der Waals surface area contributed by atoms with Crippen LogP contribution in [0, 0.1) is 5.82 Å². The van der Waals surface area contributed by atoms with Gasteiger partial charge in [0.1, 0.15) is 11.6 Å². The number of halogens is 1. The summed E-state index contributed by atoms with van der Waals surface area (Å²) < 4.78 is 18.5. The molecule has 0 aliphatic heterocycles. The molecular weight excluding hydrogens is 319 g/mol.